The van der Waals surface area contributed by atoms with E-state index in [0.717, 1.165) is 6.42 Å². The van der Waals surface area contributed by atoms with E-state index >= 15 is 0 Å². The second-order valence-corrected chi connectivity index (χ2v) is 4.78. The minimum Gasteiger partial charge on any atom is -0.481 e. The van der Waals surface area contributed by atoms with Gasteiger partial charge >= 0.3 is 12.0 Å². The van der Waals surface area contributed by atoms with Crippen molar-refractivity contribution in [1.29, 1.82) is 0 Å². The number of hydrogen-bond donors (Lipinski definition) is 3. The van der Waals surface area contributed by atoms with Crippen LogP contribution in [0.4, 0.5) is 4.79 Å². The van der Waals surface area contributed by atoms with Gasteiger partial charge in [-0.3, -0.25) is 9.59 Å². The summed E-state index contributed by atoms with van der Waals surface area (Å²) >= 11 is 0. The van der Waals surface area contributed by atoms with Crippen molar-refractivity contribution < 1.29 is 19.5 Å². The highest BCUT2D eigenvalue weighted by molar-refractivity contribution is 5.77. The first-order valence-electron chi connectivity index (χ1n) is 6.46. The Morgan fingerprint density at radius 1 is 1.42 bits per heavy atom. The van der Waals surface area contributed by atoms with Crippen molar-refractivity contribution in [2.75, 3.05) is 13.1 Å². The molecule has 2 atom stereocenters. The van der Waals surface area contributed by atoms with Crippen molar-refractivity contribution in [2.24, 2.45) is 0 Å². The number of carboxylic acid groups (broad SMARTS) is 1. The molecule has 0 aromatic carbocycles. The Bertz CT molecular complexity index is 359. The fourth-order valence-electron chi connectivity index (χ4n) is 2.12. The van der Waals surface area contributed by atoms with E-state index in [1.54, 1.807) is 4.90 Å². The van der Waals surface area contributed by atoms with Crippen LogP contribution in [-0.2, 0) is 9.59 Å². The molecule has 19 heavy (non-hydrogen) atoms. The molecule has 0 aliphatic carbocycles. The van der Waals surface area contributed by atoms with E-state index in [0.29, 0.717) is 19.5 Å². The number of likely N-dealkylation sites (tertiary alicyclic amines) is 1. The van der Waals surface area contributed by atoms with Crippen molar-refractivity contribution >= 4 is 17.9 Å². The molecule has 0 saturated carbocycles. The first kappa shape index (κ1) is 15.3. The molecule has 1 aliphatic heterocycles. The molecule has 3 N–H and O–H groups in total. The highest BCUT2D eigenvalue weighted by Gasteiger charge is 2.27. The van der Waals surface area contributed by atoms with E-state index < -0.39 is 5.97 Å². The minimum absolute atomic E-state index is 0.0113. The van der Waals surface area contributed by atoms with Crippen LogP contribution in [0.5, 0.6) is 0 Å². The molecule has 108 valence electrons. The number of urea groups is 1. The Morgan fingerprint density at radius 3 is 2.63 bits per heavy atom. The summed E-state index contributed by atoms with van der Waals surface area (Å²) in [6.45, 7) is 4.32. The molecule has 0 aromatic heterocycles. The van der Waals surface area contributed by atoms with Crippen molar-refractivity contribution in [2.45, 2.75) is 45.2 Å². The normalized spacial score (nSPS) is 19.9. The fourth-order valence-corrected chi connectivity index (χ4v) is 2.12. The van der Waals surface area contributed by atoms with Crippen LogP contribution >= 0.6 is 0 Å². The number of amides is 3. The van der Waals surface area contributed by atoms with Crippen LogP contribution in [0.1, 0.15) is 33.1 Å². The number of carboxylic acids is 1. The molecule has 0 bridgehead atoms. The van der Waals surface area contributed by atoms with Gasteiger partial charge in [-0.1, -0.05) is 6.92 Å². The van der Waals surface area contributed by atoms with E-state index in [2.05, 4.69) is 10.6 Å². The maximum absolute atomic E-state index is 11.9. The SMILES string of the molecule is CCC(CC(=O)O)NC(=O)N1CCC(NC(C)=O)C1. The van der Waals surface area contributed by atoms with E-state index in [-0.39, 0.29) is 30.4 Å². The van der Waals surface area contributed by atoms with Crippen LogP contribution in [0.25, 0.3) is 0 Å². The number of rotatable bonds is 5. The van der Waals surface area contributed by atoms with Gasteiger partial charge in [-0.2, -0.15) is 0 Å². The van der Waals surface area contributed by atoms with E-state index in [1.807, 2.05) is 6.92 Å². The molecule has 7 heteroatoms. The third-order valence-corrected chi connectivity index (χ3v) is 3.12. The van der Waals surface area contributed by atoms with Crippen LogP contribution < -0.4 is 10.6 Å². The first-order chi connectivity index (χ1) is 8.92. The van der Waals surface area contributed by atoms with Gasteiger partial charge in [-0.05, 0) is 12.8 Å². The van der Waals surface area contributed by atoms with Crippen LogP contribution in [0.2, 0.25) is 0 Å². The number of carbonyl (C=O) groups excluding carboxylic acids is 2. The number of nitrogens with one attached hydrogen (secondary N) is 2. The van der Waals surface area contributed by atoms with Crippen molar-refractivity contribution in [1.82, 2.24) is 15.5 Å². The van der Waals surface area contributed by atoms with E-state index in [9.17, 15) is 14.4 Å². The van der Waals surface area contributed by atoms with Gasteiger partial charge < -0.3 is 20.6 Å². The second-order valence-electron chi connectivity index (χ2n) is 4.78. The second kappa shape index (κ2) is 6.96. The average Bonchev–Trinajstić information content (AvgIpc) is 2.75. The summed E-state index contributed by atoms with van der Waals surface area (Å²) in [5.74, 6) is -1.03. The van der Waals surface area contributed by atoms with E-state index in [1.165, 1.54) is 6.92 Å². The predicted octanol–water partition coefficient (Wildman–Crippen LogP) is 0.160. The Labute approximate surface area is 112 Å². The average molecular weight is 271 g/mol. The Kier molecular flexibility index (Phi) is 5.59. The molecule has 1 heterocycles. The van der Waals surface area contributed by atoms with Crippen LogP contribution in [0.15, 0.2) is 0 Å². The highest BCUT2D eigenvalue weighted by atomic mass is 16.4. The zero-order valence-corrected chi connectivity index (χ0v) is 11.3. The van der Waals surface area contributed by atoms with Gasteiger partial charge in [0.15, 0.2) is 0 Å². The molecule has 2 unspecified atom stereocenters. The lowest BCUT2D eigenvalue weighted by molar-refractivity contribution is -0.137. The molecule has 0 radical (unpaired) electrons. The molecular formula is C12H21N3O4. The van der Waals surface area contributed by atoms with Crippen LogP contribution in [-0.4, -0.2) is 53.1 Å². The number of carbonyl (C=O) groups is 3. The fraction of sp³-hybridized carbons (Fsp3) is 0.750. The third kappa shape index (κ3) is 5.15. The number of aliphatic carboxylic acids is 1. The first-order valence-corrected chi connectivity index (χ1v) is 6.46. The molecule has 0 aromatic rings. The highest BCUT2D eigenvalue weighted by Crippen LogP contribution is 2.10. The van der Waals surface area contributed by atoms with Crippen LogP contribution in [0.3, 0.4) is 0 Å². The smallest absolute Gasteiger partial charge is 0.317 e. The van der Waals surface area contributed by atoms with Gasteiger partial charge in [0, 0.05) is 32.1 Å². The lowest BCUT2D eigenvalue weighted by Crippen LogP contribution is -2.45. The molecule has 0 spiro atoms. The zero-order valence-electron chi connectivity index (χ0n) is 11.3. The summed E-state index contributed by atoms with van der Waals surface area (Å²) in [6.07, 6.45) is 1.22. The maximum Gasteiger partial charge on any atom is 0.317 e. The van der Waals surface area contributed by atoms with Gasteiger partial charge in [0.1, 0.15) is 0 Å². The maximum atomic E-state index is 11.9. The summed E-state index contributed by atoms with van der Waals surface area (Å²) in [6, 6.07) is -0.631. The molecule has 1 rings (SSSR count). The Balaban J connectivity index is 2.41. The topological polar surface area (TPSA) is 98.7 Å². The van der Waals surface area contributed by atoms with Gasteiger partial charge in [-0.25, -0.2) is 4.79 Å². The molecule has 1 fully saturated rings. The zero-order chi connectivity index (χ0) is 14.4. The Hall–Kier alpha value is -1.79. The van der Waals surface area contributed by atoms with E-state index in [4.69, 9.17) is 5.11 Å². The van der Waals surface area contributed by atoms with Crippen molar-refractivity contribution in [3.05, 3.63) is 0 Å². The molecule has 3 amide bonds. The van der Waals surface area contributed by atoms with Gasteiger partial charge in [0.05, 0.1) is 6.42 Å². The number of nitrogens with zero attached hydrogens (tertiary/aromatic N) is 1. The predicted molar refractivity (Wildman–Crippen MR) is 68.7 cm³/mol. The van der Waals surface area contributed by atoms with Gasteiger partial charge in [-0.15, -0.1) is 0 Å². The molecule has 7 nitrogen and oxygen atoms in total. The standard InChI is InChI=1S/C12H21N3O4/c1-3-9(6-11(17)18)14-12(19)15-5-4-10(7-15)13-8(2)16/h9-10H,3-7H2,1-2H3,(H,13,16)(H,14,19)(H,17,18). The molecular weight excluding hydrogens is 250 g/mol. The largest absolute Gasteiger partial charge is 0.481 e. The lowest BCUT2D eigenvalue weighted by Gasteiger charge is -2.21. The Morgan fingerprint density at radius 2 is 2.11 bits per heavy atom. The third-order valence-electron chi connectivity index (χ3n) is 3.12. The lowest BCUT2D eigenvalue weighted by atomic mass is 10.1. The van der Waals surface area contributed by atoms with Crippen molar-refractivity contribution in [3.63, 3.8) is 0 Å². The van der Waals surface area contributed by atoms with Gasteiger partial charge in [0.2, 0.25) is 5.91 Å². The molecule has 1 saturated heterocycles. The quantitative estimate of drug-likeness (QED) is 0.663. The summed E-state index contributed by atoms with van der Waals surface area (Å²) in [5, 5.41) is 14.2. The number of hydrogen-bond acceptors (Lipinski definition) is 3. The molecule has 1 aliphatic rings. The minimum atomic E-state index is -0.926. The van der Waals surface area contributed by atoms with Crippen LogP contribution in [0, 0.1) is 0 Å². The summed E-state index contributed by atoms with van der Waals surface area (Å²) in [7, 11) is 0. The monoisotopic (exact) mass is 271 g/mol. The van der Waals surface area contributed by atoms with Gasteiger partial charge in [0.25, 0.3) is 0 Å². The summed E-state index contributed by atoms with van der Waals surface area (Å²) in [5.41, 5.74) is 0. The summed E-state index contributed by atoms with van der Waals surface area (Å²) in [4.78, 5) is 35.1. The van der Waals surface area contributed by atoms with Crippen molar-refractivity contribution in [3.8, 4) is 0 Å². The summed E-state index contributed by atoms with van der Waals surface area (Å²) < 4.78 is 0.